The van der Waals surface area contributed by atoms with Crippen LogP contribution >= 0.6 is 0 Å². The summed E-state index contributed by atoms with van der Waals surface area (Å²) in [4.78, 5) is 0. The molecule has 0 saturated heterocycles. The summed E-state index contributed by atoms with van der Waals surface area (Å²) in [6, 6.07) is 6.27. The van der Waals surface area contributed by atoms with Crippen LogP contribution in [0.3, 0.4) is 0 Å². The maximum Gasteiger partial charge on any atom is 0.387 e. The summed E-state index contributed by atoms with van der Waals surface area (Å²) < 4.78 is 28.7. The summed E-state index contributed by atoms with van der Waals surface area (Å²) in [6.07, 6.45) is 3.15. The van der Waals surface area contributed by atoms with Gasteiger partial charge in [0.05, 0.1) is 0 Å². The van der Waals surface area contributed by atoms with Gasteiger partial charge in [0.1, 0.15) is 5.75 Å². The van der Waals surface area contributed by atoms with Crippen molar-refractivity contribution in [2.45, 2.75) is 25.5 Å². The number of hydrogen-bond donors (Lipinski definition) is 1. The van der Waals surface area contributed by atoms with E-state index >= 15 is 0 Å². The molecule has 0 aliphatic heterocycles. The summed E-state index contributed by atoms with van der Waals surface area (Å²) in [7, 11) is 0. The number of ether oxygens (including phenoxy) is 1. The highest BCUT2D eigenvalue weighted by Gasteiger charge is 2.13. The minimum atomic E-state index is -2.83. The van der Waals surface area contributed by atoms with Crippen molar-refractivity contribution in [3.05, 3.63) is 42.5 Å². The fraction of sp³-hybridized carbons (Fsp3) is 0.333. The first-order valence-corrected chi connectivity index (χ1v) is 5.05. The highest BCUT2D eigenvalue weighted by Crippen LogP contribution is 2.27. The Balaban J connectivity index is 2.80. The monoisotopic (exact) mass is 227 g/mol. The molecule has 1 aromatic rings. The molecule has 2 N–H and O–H groups in total. The van der Waals surface area contributed by atoms with Gasteiger partial charge in [0.15, 0.2) is 0 Å². The van der Waals surface area contributed by atoms with E-state index in [0.717, 1.165) is 6.42 Å². The van der Waals surface area contributed by atoms with E-state index in [9.17, 15) is 8.78 Å². The summed E-state index contributed by atoms with van der Waals surface area (Å²) in [6.45, 7) is 0.764. The van der Waals surface area contributed by atoms with E-state index in [0.29, 0.717) is 12.0 Å². The minimum absolute atomic E-state index is 0.147. The average molecular weight is 227 g/mol. The Bertz CT molecular complexity index is 342. The molecule has 0 saturated carbocycles. The largest absolute Gasteiger partial charge is 0.434 e. The predicted molar refractivity (Wildman–Crippen MR) is 59.4 cm³/mol. The molecule has 2 nitrogen and oxygen atoms in total. The maximum absolute atomic E-state index is 12.1. The third-order valence-electron chi connectivity index (χ3n) is 2.22. The van der Waals surface area contributed by atoms with Crippen LogP contribution in [0, 0.1) is 0 Å². The van der Waals surface area contributed by atoms with Gasteiger partial charge in [0, 0.05) is 11.6 Å². The fourth-order valence-corrected chi connectivity index (χ4v) is 1.44. The van der Waals surface area contributed by atoms with Gasteiger partial charge in [-0.3, -0.25) is 0 Å². The molecule has 0 aliphatic carbocycles. The van der Waals surface area contributed by atoms with Gasteiger partial charge in [-0.2, -0.15) is 8.78 Å². The summed E-state index contributed by atoms with van der Waals surface area (Å²) in [5.74, 6) is 0.147. The highest BCUT2D eigenvalue weighted by atomic mass is 19.3. The lowest BCUT2D eigenvalue weighted by Gasteiger charge is -2.15. The molecule has 1 aromatic carbocycles. The zero-order valence-corrected chi connectivity index (χ0v) is 8.90. The quantitative estimate of drug-likeness (QED) is 0.757. The van der Waals surface area contributed by atoms with Crippen molar-refractivity contribution in [3.8, 4) is 5.75 Å². The second-order valence-electron chi connectivity index (χ2n) is 3.39. The van der Waals surface area contributed by atoms with Crippen LogP contribution in [0.5, 0.6) is 5.75 Å². The van der Waals surface area contributed by atoms with Crippen molar-refractivity contribution in [2.24, 2.45) is 5.73 Å². The second kappa shape index (κ2) is 6.23. The van der Waals surface area contributed by atoms with Gasteiger partial charge >= 0.3 is 6.61 Å². The maximum atomic E-state index is 12.1. The molecular formula is C12H15F2NO. The molecule has 0 fully saturated rings. The number of hydrogen-bond acceptors (Lipinski definition) is 2. The topological polar surface area (TPSA) is 35.2 Å². The fourth-order valence-electron chi connectivity index (χ4n) is 1.44. The number of para-hydroxylation sites is 1. The molecule has 0 amide bonds. The van der Waals surface area contributed by atoms with Crippen molar-refractivity contribution >= 4 is 0 Å². The van der Waals surface area contributed by atoms with Gasteiger partial charge in [-0.25, -0.2) is 0 Å². The third-order valence-corrected chi connectivity index (χ3v) is 2.22. The Kier molecular flexibility index (Phi) is 4.92. The van der Waals surface area contributed by atoms with Crippen LogP contribution in [-0.2, 0) is 0 Å². The van der Waals surface area contributed by atoms with E-state index in [-0.39, 0.29) is 11.8 Å². The number of halogens is 2. The molecule has 1 rings (SSSR count). The zero-order valence-electron chi connectivity index (χ0n) is 8.90. The summed E-state index contributed by atoms with van der Waals surface area (Å²) in [5, 5.41) is 0. The number of rotatable bonds is 6. The van der Waals surface area contributed by atoms with Crippen LogP contribution in [0.4, 0.5) is 8.78 Å². The molecule has 88 valence electrons. The van der Waals surface area contributed by atoms with Crippen LogP contribution in [-0.4, -0.2) is 6.61 Å². The number of alkyl halides is 2. The van der Waals surface area contributed by atoms with E-state index in [2.05, 4.69) is 11.3 Å². The van der Waals surface area contributed by atoms with Gasteiger partial charge in [0.2, 0.25) is 0 Å². The predicted octanol–water partition coefficient (Wildman–Crippen LogP) is 3.25. The molecule has 0 aromatic heterocycles. The molecule has 16 heavy (non-hydrogen) atoms. The lowest BCUT2D eigenvalue weighted by molar-refractivity contribution is -0.0506. The lowest BCUT2D eigenvalue weighted by Crippen LogP contribution is -2.13. The second-order valence-corrected chi connectivity index (χ2v) is 3.39. The number of nitrogens with two attached hydrogens (primary N) is 1. The Morgan fingerprint density at radius 2 is 2.06 bits per heavy atom. The summed E-state index contributed by atoms with van der Waals surface area (Å²) in [5.41, 5.74) is 6.49. The Labute approximate surface area is 93.7 Å². The first-order valence-electron chi connectivity index (χ1n) is 5.05. The van der Waals surface area contributed by atoms with E-state index in [1.165, 1.54) is 6.07 Å². The van der Waals surface area contributed by atoms with Crippen LogP contribution in [0.25, 0.3) is 0 Å². The van der Waals surface area contributed by atoms with Crippen LogP contribution in [0.1, 0.15) is 24.4 Å². The molecule has 0 heterocycles. The molecule has 0 unspecified atom stereocenters. The SMILES string of the molecule is C=CCC[C@@H](N)c1ccccc1OC(F)F. The van der Waals surface area contributed by atoms with Crippen LogP contribution in [0.15, 0.2) is 36.9 Å². The molecule has 0 radical (unpaired) electrons. The van der Waals surface area contributed by atoms with Crippen molar-refractivity contribution in [1.29, 1.82) is 0 Å². The first kappa shape index (κ1) is 12.6. The molecule has 0 aliphatic rings. The number of allylic oxidation sites excluding steroid dienone is 1. The zero-order chi connectivity index (χ0) is 12.0. The van der Waals surface area contributed by atoms with Gasteiger partial charge < -0.3 is 10.5 Å². The molecular weight excluding hydrogens is 212 g/mol. The summed E-state index contributed by atoms with van der Waals surface area (Å²) >= 11 is 0. The van der Waals surface area contributed by atoms with Crippen molar-refractivity contribution < 1.29 is 13.5 Å². The van der Waals surface area contributed by atoms with E-state index in [1.54, 1.807) is 24.3 Å². The van der Waals surface area contributed by atoms with E-state index in [4.69, 9.17) is 5.73 Å². The smallest absolute Gasteiger partial charge is 0.387 e. The molecule has 0 bridgehead atoms. The molecule has 4 heteroatoms. The Morgan fingerprint density at radius 3 is 2.69 bits per heavy atom. The molecule has 1 atom stereocenters. The van der Waals surface area contributed by atoms with Crippen molar-refractivity contribution in [2.75, 3.05) is 0 Å². The third kappa shape index (κ3) is 3.62. The Hall–Kier alpha value is -1.42. The average Bonchev–Trinajstić information content (AvgIpc) is 2.26. The number of benzene rings is 1. The Morgan fingerprint density at radius 1 is 1.38 bits per heavy atom. The van der Waals surface area contributed by atoms with Gasteiger partial charge in [-0.05, 0) is 18.9 Å². The van der Waals surface area contributed by atoms with E-state index < -0.39 is 6.61 Å². The first-order chi connectivity index (χ1) is 7.65. The lowest BCUT2D eigenvalue weighted by atomic mass is 10.0. The van der Waals surface area contributed by atoms with Gasteiger partial charge in [0.25, 0.3) is 0 Å². The van der Waals surface area contributed by atoms with Gasteiger partial charge in [-0.15, -0.1) is 6.58 Å². The van der Waals surface area contributed by atoms with Gasteiger partial charge in [-0.1, -0.05) is 24.3 Å². The van der Waals surface area contributed by atoms with Crippen LogP contribution < -0.4 is 10.5 Å². The van der Waals surface area contributed by atoms with Crippen molar-refractivity contribution in [3.63, 3.8) is 0 Å². The highest BCUT2D eigenvalue weighted by molar-refractivity contribution is 5.35. The van der Waals surface area contributed by atoms with Crippen LogP contribution in [0.2, 0.25) is 0 Å². The standard InChI is InChI=1S/C12H15F2NO/c1-2-3-7-10(15)9-6-4-5-8-11(9)16-12(13)14/h2,4-6,8,10,12H,1,3,7,15H2/t10-/m1/s1. The molecule has 0 spiro atoms. The minimum Gasteiger partial charge on any atom is -0.434 e. The normalized spacial score (nSPS) is 12.5. The van der Waals surface area contributed by atoms with Crippen molar-refractivity contribution in [1.82, 2.24) is 0 Å². The van der Waals surface area contributed by atoms with E-state index in [1.807, 2.05) is 0 Å².